The maximum Gasteiger partial charge on any atom is 0.333 e. The van der Waals surface area contributed by atoms with Gasteiger partial charge in [-0.25, -0.2) is 0 Å². The van der Waals surface area contributed by atoms with Crippen LogP contribution in [-0.2, 0) is 19.7 Å². The van der Waals surface area contributed by atoms with E-state index < -0.39 is 26.7 Å². The van der Waals surface area contributed by atoms with Gasteiger partial charge in [0.1, 0.15) is 11.5 Å². The van der Waals surface area contributed by atoms with Crippen molar-refractivity contribution >= 4 is 46.7 Å². The molecule has 1 aliphatic rings. The average molecular weight is 382 g/mol. The molecule has 0 aromatic heterocycles. The maximum atomic E-state index is 12.7. The number of methoxy groups -OCH3 is 1. The van der Waals surface area contributed by atoms with Gasteiger partial charge in [0, 0.05) is 5.56 Å². The smallest absolute Gasteiger partial charge is 0.333 e. The summed E-state index contributed by atoms with van der Waals surface area (Å²) in [4.78, 5) is 24.9. The Balaban J connectivity index is 2.43. The molecule has 0 bridgehead atoms. The monoisotopic (exact) mass is 380 g/mol. The van der Waals surface area contributed by atoms with Gasteiger partial charge in [0.05, 0.1) is 7.11 Å². The Hall–Kier alpha value is -1.17. The van der Waals surface area contributed by atoms with E-state index in [4.69, 9.17) is 49.0 Å². The number of carbonyl (C=O) groups excluding carboxylic acids is 2. The molecule has 0 radical (unpaired) electrons. The molecule has 0 saturated carbocycles. The van der Waals surface area contributed by atoms with E-state index in [1.807, 2.05) is 0 Å². The second-order valence-corrected chi connectivity index (χ2v) is 8.06. The molecule has 23 heavy (non-hydrogen) atoms. The minimum atomic E-state index is -1.86. The van der Waals surface area contributed by atoms with Crippen LogP contribution in [0.25, 0.3) is 0 Å². The van der Waals surface area contributed by atoms with Crippen LogP contribution in [0.1, 0.15) is 26.3 Å². The lowest BCUT2D eigenvalue weighted by Gasteiger charge is -2.34. The Morgan fingerprint density at radius 3 is 2.39 bits per heavy atom. The first-order valence-corrected chi connectivity index (χ1v) is 7.78. The summed E-state index contributed by atoms with van der Waals surface area (Å²) < 4.78 is 13.7. The number of fused-ring (bicyclic) bond motifs is 1. The lowest BCUT2D eigenvalue weighted by Crippen LogP contribution is -2.48. The lowest BCUT2D eigenvalue weighted by molar-refractivity contribution is -0.167. The number of esters is 2. The van der Waals surface area contributed by atoms with Crippen molar-refractivity contribution in [3.8, 4) is 11.5 Å². The molecule has 0 N–H and O–H groups in total. The van der Waals surface area contributed by atoms with Gasteiger partial charge in [-0.15, -0.1) is 0 Å². The van der Waals surface area contributed by atoms with Crippen molar-refractivity contribution in [2.24, 2.45) is 0 Å². The summed E-state index contributed by atoms with van der Waals surface area (Å²) in [6.07, 6.45) is 0. The topological polar surface area (TPSA) is 61.8 Å². The highest BCUT2D eigenvalue weighted by molar-refractivity contribution is 6.68. The SMILES string of the molecule is COc1ccc2c(c1)[C@](C)(C(=O)OC(C)(C)C(Cl)(Cl)Cl)C(=O)O2. The summed E-state index contributed by atoms with van der Waals surface area (Å²) in [5.74, 6) is -0.889. The van der Waals surface area contributed by atoms with E-state index in [1.165, 1.54) is 27.9 Å². The molecule has 1 aliphatic heterocycles. The summed E-state index contributed by atoms with van der Waals surface area (Å²) in [6, 6.07) is 4.71. The third-order valence-corrected chi connectivity index (χ3v) is 5.14. The van der Waals surface area contributed by atoms with Crippen LogP contribution in [0, 0.1) is 0 Å². The fourth-order valence-corrected chi connectivity index (χ4v) is 2.13. The van der Waals surface area contributed by atoms with Gasteiger partial charge < -0.3 is 14.2 Å². The van der Waals surface area contributed by atoms with Crippen LogP contribution in [0.4, 0.5) is 0 Å². The van der Waals surface area contributed by atoms with Gasteiger partial charge in [-0.3, -0.25) is 9.59 Å². The second-order valence-electron chi connectivity index (χ2n) is 5.77. The molecule has 8 heteroatoms. The van der Waals surface area contributed by atoms with Crippen molar-refractivity contribution in [1.82, 2.24) is 0 Å². The molecule has 1 heterocycles. The van der Waals surface area contributed by atoms with Crippen molar-refractivity contribution in [3.05, 3.63) is 23.8 Å². The molecule has 0 saturated heterocycles. The van der Waals surface area contributed by atoms with Crippen molar-refractivity contribution < 1.29 is 23.8 Å². The van der Waals surface area contributed by atoms with E-state index in [9.17, 15) is 9.59 Å². The zero-order valence-corrected chi connectivity index (χ0v) is 15.2. The number of ether oxygens (including phenoxy) is 3. The zero-order chi connectivity index (χ0) is 17.6. The van der Waals surface area contributed by atoms with Crippen LogP contribution in [0.3, 0.4) is 0 Å². The van der Waals surface area contributed by atoms with E-state index in [-0.39, 0.29) is 5.75 Å². The maximum absolute atomic E-state index is 12.7. The van der Waals surface area contributed by atoms with Crippen LogP contribution < -0.4 is 9.47 Å². The Bertz CT molecular complexity index is 666. The highest BCUT2D eigenvalue weighted by Gasteiger charge is 2.56. The van der Waals surface area contributed by atoms with Crippen molar-refractivity contribution in [2.75, 3.05) is 7.11 Å². The van der Waals surface area contributed by atoms with Gasteiger partial charge in [0.25, 0.3) is 0 Å². The summed E-state index contributed by atoms with van der Waals surface area (Å²) in [5.41, 5.74) is -2.77. The standard InChI is InChI=1S/C15H15Cl3O5/c1-13(2,15(16,17)18)23-12(20)14(3)9-7-8(21-4)5-6-10(9)22-11(14)19/h5-7H,1-4H3/t14-/m0/s1. The minimum absolute atomic E-state index is 0.266. The van der Waals surface area contributed by atoms with E-state index in [0.717, 1.165) is 0 Å². The fraction of sp³-hybridized carbons (Fsp3) is 0.467. The van der Waals surface area contributed by atoms with Crippen molar-refractivity contribution in [2.45, 2.75) is 35.6 Å². The second kappa shape index (κ2) is 5.72. The average Bonchev–Trinajstić information content (AvgIpc) is 2.69. The highest BCUT2D eigenvalue weighted by Crippen LogP contribution is 2.45. The highest BCUT2D eigenvalue weighted by atomic mass is 35.6. The normalized spacial score (nSPS) is 20.7. The first-order valence-electron chi connectivity index (χ1n) is 6.64. The molecule has 5 nitrogen and oxygen atoms in total. The molecule has 1 atom stereocenters. The molecule has 2 rings (SSSR count). The molecular weight excluding hydrogens is 367 g/mol. The van der Waals surface area contributed by atoms with E-state index in [0.29, 0.717) is 11.3 Å². The molecule has 1 aromatic carbocycles. The van der Waals surface area contributed by atoms with Gasteiger partial charge in [0.2, 0.25) is 3.79 Å². The van der Waals surface area contributed by atoms with Gasteiger partial charge in [-0.05, 0) is 39.0 Å². The Labute approximate surface area is 148 Å². The number of carbonyl (C=O) groups is 2. The third kappa shape index (κ3) is 2.97. The summed E-state index contributed by atoms with van der Waals surface area (Å²) in [7, 11) is 1.47. The number of rotatable bonds is 3. The zero-order valence-electron chi connectivity index (χ0n) is 12.9. The number of benzene rings is 1. The first-order chi connectivity index (χ1) is 10.4. The Morgan fingerprint density at radius 1 is 1.26 bits per heavy atom. The number of hydrogen-bond donors (Lipinski definition) is 0. The van der Waals surface area contributed by atoms with Gasteiger partial charge in [-0.1, -0.05) is 34.8 Å². The molecule has 0 amide bonds. The van der Waals surface area contributed by atoms with Crippen LogP contribution in [0.2, 0.25) is 0 Å². The molecule has 0 spiro atoms. The van der Waals surface area contributed by atoms with Crippen LogP contribution in [0.15, 0.2) is 18.2 Å². The summed E-state index contributed by atoms with van der Waals surface area (Å²) in [6.45, 7) is 4.28. The first kappa shape index (κ1) is 18.2. The third-order valence-electron chi connectivity index (χ3n) is 3.78. The Morgan fingerprint density at radius 2 is 1.87 bits per heavy atom. The van der Waals surface area contributed by atoms with Crippen LogP contribution >= 0.6 is 34.8 Å². The fourth-order valence-electron chi connectivity index (χ4n) is 2.01. The predicted octanol–water partition coefficient (Wildman–Crippen LogP) is 3.56. The van der Waals surface area contributed by atoms with Crippen LogP contribution in [-0.4, -0.2) is 28.4 Å². The van der Waals surface area contributed by atoms with E-state index in [1.54, 1.807) is 18.2 Å². The largest absolute Gasteiger partial charge is 0.497 e. The predicted molar refractivity (Wildman–Crippen MR) is 86.4 cm³/mol. The summed E-state index contributed by atoms with van der Waals surface area (Å²) >= 11 is 17.5. The molecule has 126 valence electrons. The Kier molecular flexibility index (Phi) is 4.52. The number of alkyl halides is 3. The molecule has 0 aliphatic carbocycles. The van der Waals surface area contributed by atoms with E-state index >= 15 is 0 Å². The van der Waals surface area contributed by atoms with Gasteiger partial charge >= 0.3 is 11.9 Å². The number of halogens is 3. The lowest BCUT2D eigenvalue weighted by atomic mass is 9.83. The van der Waals surface area contributed by atoms with Gasteiger partial charge in [-0.2, -0.15) is 0 Å². The minimum Gasteiger partial charge on any atom is -0.497 e. The molecule has 1 aromatic rings. The van der Waals surface area contributed by atoms with Crippen molar-refractivity contribution in [1.29, 1.82) is 0 Å². The van der Waals surface area contributed by atoms with E-state index in [2.05, 4.69) is 0 Å². The van der Waals surface area contributed by atoms with Crippen molar-refractivity contribution in [3.63, 3.8) is 0 Å². The quantitative estimate of drug-likeness (QED) is 0.347. The molecular formula is C15H15Cl3O5. The van der Waals surface area contributed by atoms with Crippen LogP contribution in [0.5, 0.6) is 11.5 Å². The van der Waals surface area contributed by atoms with Gasteiger partial charge in [0.15, 0.2) is 11.0 Å². The molecule has 0 unspecified atom stereocenters. The number of hydrogen-bond acceptors (Lipinski definition) is 5. The summed E-state index contributed by atoms with van der Waals surface area (Å²) in [5, 5.41) is 0. The molecule has 0 fully saturated rings.